The zero-order chi connectivity index (χ0) is 38.2. The third-order valence-electron chi connectivity index (χ3n) is 7.37. The number of nitrogens with two attached hydrogens (primary N) is 1. The molecule has 0 aliphatic heterocycles. The Morgan fingerprint density at radius 2 is 1.15 bits per heavy atom. The van der Waals surface area contributed by atoms with Gasteiger partial charge in [0.25, 0.3) is 36.0 Å². The van der Waals surface area contributed by atoms with Gasteiger partial charge in [0.2, 0.25) is 5.69 Å². The summed E-state index contributed by atoms with van der Waals surface area (Å²) in [5, 5.41) is 37.0. The SMILES string of the molecule is Cc1cc(N=Nc2cccc3c(S(=O)(=O)O)cccc23)c(N)cc1N=[N+]([O-])c1ccc(/C=C/c2ccc([N+](=O)[O-])cc2S(=O)(=O)O)c(S(=O)(=O)O)c1. The van der Waals surface area contributed by atoms with Crippen LogP contribution in [0.5, 0.6) is 0 Å². The van der Waals surface area contributed by atoms with E-state index in [-0.39, 0.29) is 54.7 Å². The summed E-state index contributed by atoms with van der Waals surface area (Å²) in [7, 11) is -14.5. The van der Waals surface area contributed by atoms with Gasteiger partial charge in [-0.25, -0.2) is 0 Å². The highest BCUT2D eigenvalue weighted by Crippen LogP contribution is 2.36. The molecule has 5 N–H and O–H groups in total. The molecule has 0 fully saturated rings. The molecule has 5 aromatic carbocycles. The van der Waals surface area contributed by atoms with Gasteiger partial charge in [0.1, 0.15) is 26.1 Å². The van der Waals surface area contributed by atoms with E-state index in [1.54, 1.807) is 19.1 Å². The lowest BCUT2D eigenvalue weighted by molar-refractivity contribution is -0.435. The van der Waals surface area contributed by atoms with E-state index in [9.17, 15) is 54.2 Å². The Bertz CT molecular complexity index is 2730. The minimum atomic E-state index is -5.00. The smallest absolute Gasteiger partial charge is 0.295 e. The predicted octanol–water partition coefficient (Wildman–Crippen LogP) is 6.89. The predicted molar refractivity (Wildman–Crippen MR) is 187 cm³/mol. The van der Waals surface area contributed by atoms with Crippen LogP contribution in [0, 0.1) is 22.2 Å². The van der Waals surface area contributed by atoms with Crippen molar-refractivity contribution in [2.45, 2.75) is 21.6 Å². The number of non-ortho nitro benzene ring substituents is 1. The number of rotatable bonds is 10. The number of hydrogen-bond acceptors (Lipinski definition) is 13. The molecular formula is C31H24N6O12S3. The molecule has 52 heavy (non-hydrogen) atoms. The van der Waals surface area contributed by atoms with Crippen molar-refractivity contribution in [2.75, 3.05) is 5.73 Å². The summed E-state index contributed by atoms with van der Waals surface area (Å²) in [6, 6.07) is 17.2. The zero-order valence-electron chi connectivity index (χ0n) is 26.3. The maximum atomic E-state index is 13.1. The molecule has 268 valence electrons. The summed E-state index contributed by atoms with van der Waals surface area (Å²) < 4.78 is 101. The fourth-order valence-corrected chi connectivity index (χ4v) is 7.03. The van der Waals surface area contributed by atoms with Crippen molar-refractivity contribution in [2.24, 2.45) is 15.3 Å². The highest BCUT2D eigenvalue weighted by molar-refractivity contribution is 7.86. The molecule has 18 nitrogen and oxygen atoms in total. The lowest BCUT2D eigenvalue weighted by atomic mass is 10.1. The number of fused-ring (bicyclic) bond motifs is 1. The molecular weight excluding hydrogens is 745 g/mol. The van der Waals surface area contributed by atoms with Gasteiger partial charge in [0.15, 0.2) is 0 Å². The van der Waals surface area contributed by atoms with E-state index in [0.29, 0.717) is 17.0 Å². The van der Waals surface area contributed by atoms with E-state index in [1.807, 2.05) is 0 Å². The Morgan fingerprint density at radius 1 is 0.635 bits per heavy atom. The van der Waals surface area contributed by atoms with E-state index in [4.69, 9.17) is 5.73 Å². The van der Waals surface area contributed by atoms with Crippen LogP contribution in [-0.4, -0.2) is 48.7 Å². The number of nitrogens with zero attached hydrogens (tertiary/aromatic N) is 5. The summed E-state index contributed by atoms with van der Waals surface area (Å²) in [5.74, 6) is 0. The standard InChI is InChI=1S/C31H24N6O12S3/c1-18-14-28(34-33-26-6-2-5-24-23(26)4-3-7-29(24)50(41,42)43)25(32)17-27(18)35-36(38)21-12-10-19(30(15-21)51(44,45)46)8-9-20-11-13-22(37(39)40)16-31(20)52(47,48)49/h2-17H,32H2,1H3,(H,41,42,43)(H,44,45,46)(H,47,48,49)/b9-8+,34-33?,36-35?. The van der Waals surface area contributed by atoms with Gasteiger partial charge in [0.05, 0.1) is 16.3 Å². The fourth-order valence-electron chi connectivity index (χ4n) is 4.91. The molecule has 0 unspecified atom stereocenters. The first-order valence-electron chi connectivity index (χ1n) is 14.3. The van der Waals surface area contributed by atoms with Gasteiger partial charge in [-0.2, -0.15) is 25.3 Å². The quantitative estimate of drug-likeness (QED) is 0.0214. The number of anilines is 1. The average Bonchev–Trinajstić information content (AvgIpc) is 3.06. The number of nitro groups is 1. The summed E-state index contributed by atoms with van der Waals surface area (Å²) in [5.41, 5.74) is 5.54. The second-order valence-corrected chi connectivity index (χ2v) is 15.0. The number of aryl methyl sites for hydroxylation is 1. The molecule has 0 bridgehead atoms. The Kier molecular flexibility index (Phi) is 10.0. The molecule has 0 aromatic heterocycles. The first kappa shape index (κ1) is 37.3. The van der Waals surface area contributed by atoms with E-state index in [1.165, 1.54) is 36.4 Å². The van der Waals surface area contributed by atoms with Gasteiger partial charge >= 0.3 is 0 Å². The Labute approximate surface area is 294 Å². The van der Waals surface area contributed by atoms with E-state index in [2.05, 4.69) is 15.3 Å². The van der Waals surface area contributed by atoms with Gasteiger partial charge in [-0.3, -0.25) is 23.8 Å². The first-order chi connectivity index (χ1) is 24.2. The lowest BCUT2D eigenvalue weighted by Crippen LogP contribution is -2.03. The summed E-state index contributed by atoms with van der Waals surface area (Å²) in [6.45, 7) is 1.57. The van der Waals surface area contributed by atoms with Crippen LogP contribution in [0.15, 0.2) is 115 Å². The Balaban J connectivity index is 1.47. The van der Waals surface area contributed by atoms with Crippen molar-refractivity contribution in [1.82, 2.24) is 0 Å². The van der Waals surface area contributed by atoms with Crippen molar-refractivity contribution in [3.8, 4) is 0 Å². The monoisotopic (exact) mass is 768 g/mol. The van der Waals surface area contributed by atoms with Gasteiger partial charge < -0.3 is 10.9 Å². The van der Waals surface area contributed by atoms with Crippen molar-refractivity contribution in [1.29, 1.82) is 0 Å². The summed E-state index contributed by atoms with van der Waals surface area (Å²) in [6.07, 6.45) is 2.07. The van der Waals surface area contributed by atoms with E-state index in [0.717, 1.165) is 42.5 Å². The topological polar surface area (TPSA) is 295 Å². The van der Waals surface area contributed by atoms with Crippen LogP contribution >= 0.6 is 0 Å². The molecule has 0 saturated carbocycles. The highest BCUT2D eigenvalue weighted by atomic mass is 32.2. The van der Waals surface area contributed by atoms with Crippen LogP contribution in [0.4, 0.5) is 34.1 Å². The van der Waals surface area contributed by atoms with Crippen molar-refractivity contribution in [3.63, 3.8) is 0 Å². The molecule has 0 atom stereocenters. The Morgan fingerprint density at radius 3 is 1.73 bits per heavy atom. The van der Waals surface area contributed by atoms with Crippen molar-refractivity contribution >= 4 is 87.4 Å². The Hall–Kier alpha value is -5.97. The first-order valence-corrected chi connectivity index (χ1v) is 18.6. The number of hydrogen-bond donors (Lipinski definition) is 4. The zero-order valence-corrected chi connectivity index (χ0v) is 28.7. The largest absolute Gasteiger partial charge is 0.594 e. The molecule has 0 spiro atoms. The number of nitro benzene ring substituents is 1. The second-order valence-electron chi connectivity index (χ2n) is 10.9. The number of nitrogen functional groups attached to an aromatic ring is 1. The maximum Gasteiger partial charge on any atom is 0.295 e. The summed E-state index contributed by atoms with van der Waals surface area (Å²) >= 11 is 0. The van der Waals surface area contributed by atoms with Gasteiger partial charge in [-0.05, 0) is 60.0 Å². The summed E-state index contributed by atoms with van der Waals surface area (Å²) in [4.78, 5) is 8.32. The normalized spacial score (nSPS) is 13.0. The molecule has 21 heteroatoms. The molecule has 0 saturated heterocycles. The minimum absolute atomic E-state index is 0.0231. The second kappa shape index (κ2) is 14.0. The number of azo groups is 2. The lowest BCUT2D eigenvalue weighted by Gasteiger charge is -2.08. The molecule has 0 aliphatic carbocycles. The molecule has 5 aromatic rings. The molecule has 5 rings (SSSR count). The van der Waals surface area contributed by atoms with Gasteiger partial charge in [0, 0.05) is 40.2 Å². The van der Waals surface area contributed by atoms with Crippen LogP contribution in [-0.2, 0) is 30.4 Å². The third kappa shape index (κ3) is 8.15. The van der Waals surface area contributed by atoms with Gasteiger partial charge in [-0.15, -0.1) is 10.2 Å². The van der Waals surface area contributed by atoms with Crippen LogP contribution in [0.25, 0.3) is 22.9 Å². The molecule has 0 aliphatic rings. The highest BCUT2D eigenvalue weighted by Gasteiger charge is 2.22. The average molecular weight is 769 g/mol. The van der Waals surface area contributed by atoms with Crippen LogP contribution in [0.3, 0.4) is 0 Å². The molecule has 0 radical (unpaired) electrons. The minimum Gasteiger partial charge on any atom is -0.594 e. The van der Waals surface area contributed by atoms with E-state index >= 15 is 0 Å². The number of benzene rings is 5. The van der Waals surface area contributed by atoms with Crippen molar-refractivity contribution in [3.05, 3.63) is 117 Å². The molecule has 0 heterocycles. The van der Waals surface area contributed by atoms with Crippen LogP contribution < -0.4 is 5.73 Å². The van der Waals surface area contributed by atoms with Crippen LogP contribution in [0.2, 0.25) is 0 Å². The van der Waals surface area contributed by atoms with Gasteiger partial charge in [-0.1, -0.05) is 41.3 Å². The van der Waals surface area contributed by atoms with E-state index < -0.39 is 50.8 Å². The molecule has 0 amide bonds. The maximum absolute atomic E-state index is 13.1. The fraction of sp³-hybridized carbons (Fsp3) is 0.0323. The van der Waals surface area contributed by atoms with Crippen molar-refractivity contribution < 1.29 is 48.7 Å². The van der Waals surface area contributed by atoms with Crippen LogP contribution in [0.1, 0.15) is 16.7 Å². The third-order valence-corrected chi connectivity index (χ3v) is 10.1.